The van der Waals surface area contributed by atoms with Gasteiger partial charge in [0.1, 0.15) is 0 Å². The van der Waals surface area contributed by atoms with E-state index in [-0.39, 0.29) is 10.8 Å². The van der Waals surface area contributed by atoms with Crippen LogP contribution in [0.25, 0.3) is 43.8 Å². The van der Waals surface area contributed by atoms with E-state index < -0.39 is 0 Å². The third-order valence-electron chi connectivity index (χ3n) is 13.0. The SMILES string of the molecule is CC1(C)c2cc(N(c3ccccc3)c3ccc4ccccc4c3)ccc2-c2cc3c(cc21)-c1ccc(N(c2ccccc2)c2ccc4ccccc4c2)cc1C3(C)C. The molecule has 278 valence electrons. The van der Waals surface area contributed by atoms with E-state index in [1.54, 1.807) is 0 Å². The van der Waals surface area contributed by atoms with Gasteiger partial charge in [0.25, 0.3) is 0 Å². The largest absolute Gasteiger partial charge is 0.310 e. The van der Waals surface area contributed by atoms with Gasteiger partial charge in [-0.25, -0.2) is 0 Å². The van der Waals surface area contributed by atoms with Crippen LogP contribution in [-0.2, 0) is 10.8 Å². The van der Waals surface area contributed by atoms with E-state index in [1.807, 2.05) is 0 Å². The molecule has 0 aliphatic heterocycles. The predicted molar refractivity (Wildman–Crippen MR) is 246 cm³/mol. The Labute approximate surface area is 341 Å². The van der Waals surface area contributed by atoms with E-state index in [1.165, 1.54) is 77.4 Å². The number of para-hydroxylation sites is 2. The van der Waals surface area contributed by atoms with Crippen molar-refractivity contribution >= 4 is 55.7 Å². The molecule has 0 spiro atoms. The maximum absolute atomic E-state index is 2.52. The van der Waals surface area contributed by atoms with Gasteiger partial charge in [0.15, 0.2) is 0 Å². The Morgan fingerprint density at radius 1 is 0.259 bits per heavy atom. The fourth-order valence-electron chi connectivity index (χ4n) is 9.90. The lowest BCUT2D eigenvalue weighted by atomic mass is 9.79. The maximum atomic E-state index is 2.52. The normalized spacial score (nSPS) is 14.1. The topological polar surface area (TPSA) is 6.48 Å². The standard InChI is InChI=1S/C56H44N2/c1-55(2)51-33-45(57(41-19-7-5-8-20-41)43-25-23-37-15-11-13-17-39(37)31-43)27-29-47(51)49-36-54-50(35-53(49)55)48-30-28-46(34-52(48)56(54,3)4)58(42-21-9-6-10-22-42)44-26-24-38-16-12-14-18-40(38)32-44/h5-36H,1-4H3. The molecule has 0 amide bonds. The van der Waals surface area contributed by atoms with Gasteiger partial charge < -0.3 is 9.80 Å². The fraction of sp³-hybridized carbons (Fsp3) is 0.107. The summed E-state index contributed by atoms with van der Waals surface area (Å²) in [6.45, 7) is 9.62. The summed E-state index contributed by atoms with van der Waals surface area (Å²) in [5.41, 5.74) is 17.5. The first-order valence-electron chi connectivity index (χ1n) is 20.4. The first kappa shape index (κ1) is 34.4. The molecular weight excluding hydrogens is 701 g/mol. The molecule has 2 nitrogen and oxygen atoms in total. The second-order valence-electron chi connectivity index (χ2n) is 17.1. The molecule has 2 heteroatoms. The molecule has 9 aromatic rings. The zero-order chi connectivity index (χ0) is 39.2. The van der Waals surface area contributed by atoms with Crippen LogP contribution in [0.15, 0.2) is 194 Å². The summed E-state index contributed by atoms with van der Waals surface area (Å²) in [5.74, 6) is 0. The monoisotopic (exact) mass is 744 g/mol. The average Bonchev–Trinajstić information content (AvgIpc) is 3.62. The summed E-state index contributed by atoms with van der Waals surface area (Å²) < 4.78 is 0. The van der Waals surface area contributed by atoms with Crippen molar-refractivity contribution in [1.82, 2.24) is 0 Å². The number of rotatable bonds is 6. The highest BCUT2D eigenvalue weighted by atomic mass is 15.1. The van der Waals surface area contributed by atoms with Crippen LogP contribution in [0.1, 0.15) is 49.9 Å². The summed E-state index contributed by atoms with van der Waals surface area (Å²) in [7, 11) is 0. The molecule has 2 aliphatic carbocycles. The fourth-order valence-corrected chi connectivity index (χ4v) is 9.90. The van der Waals surface area contributed by atoms with Gasteiger partial charge in [-0.2, -0.15) is 0 Å². The van der Waals surface area contributed by atoms with E-state index in [2.05, 4.69) is 232 Å². The smallest absolute Gasteiger partial charge is 0.0468 e. The van der Waals surface area contributed by atoms with Crippen molar-refractivity contribution in [3.63, 3.8) is 0 Å². The molecule has 0 heterocycles. The van der Waals surface area contributed by atoms with Crippen molar-refractivity contribution in [1.29, 1.82) is 0 Å². The lowest BCUT2D eigenvalue weighted by molar-refractivity contribution is 0.652. The number of fused-ring (bicyclic) bond motifs is 8. The minimum Gasteiger partial charge on any atom is -0.310 e. The van der Waals surface area contributed by atoms with Gasteiger partial charge in [0.05, 0.1) is 0 Å². The highest BCUT2D eigenvalue weighted by molar-refractivity contribution is 5.95. The Morgan fingerprint density at radius 2 is 0.586 bits per heavy atom. The molecule has 0 radical (unpaired) electrons. The second-order valence-corrected chi connectivity index (χ2v) is 17.1. The quantitative estimate of drug-likeness (QED) is 0.167. The Hall–Kier alpha value is -6.90. The van der Waals surface area contributed by atoms with Crippen LogP contribution in [0, 0.1) is 0 Å². The van der Waals surface area contributed by atoms with E-state index >= 15 is 0 Å². The van der Waals surface area contributed by atoms with Crippen molar-refractivity contribution in [2.24, 2.45) is 0 Å². The predicted octanol–water partition coefficient (Wildman–Crippen LogP) is 15.5. The summed E-state index contributed by atoms with van der Waals surface area (Å²) in [6.07, 6.45) is 0. The minimum absolute atomic E-state index is 0.186. The van der Waals surface area contributed by atoms with Crippen molar-refractivity contribution in [2.45, 2.75) is 38.5 Å². The minimum atomic E-state index is -0.186. The van der Waals surface area contributed by atoms with Crippen LogP contribution in [0.5, 0.6) is 0 Å². The van der Waals surface area contributed by atoms with E-state index in [9.17, 15) is 0 Å². The van der Waals surface area contributed by atoms with Crippen LogP contribution in [0.2, 0.25) is 0 Å². The molecule has 0 saturated carbocycles. The highest BCUT2D eigenvalue weighted by Crippen LogP contribution is 2.57. The zero-order valence-corrected chi connectivity index (χ0v) is 33.4. The first-order valence-corrected chi connectivity index (χ1v) is 20.4. The van der Waals surface area contributed by atoms with Crippen molar-refractivity contribution in [2.75, 3.05) is 9.80 Å². The molecule has 0 aromatic heterocycles. The zero-order valence-electron chi connectivity index (χ0n) is 33.4. The number of benzene rings is 9. The van der Waals surface area contributed by atoms with Crippen LogP contribution in [0.4, 0.5) is 34.1 Å². The molecule has 0 unspecified atom stereocenters. The van der Waals surface area contributed by atoms with Crippen molar-refractivity contribution < 1.29 is 0 Å². The summed E-state index contributed by atoms with van der Waals surface area (Å²) in [4.78, 5) is 4.80. The lowest BCUT2D eigenvalue weighted by Gasteiger charge is -2.28. The van der Waals surface area contributed by atoms with Gasteiger partial charge in [-0.05, 0) is 151 Å². The number of hydrogen-bond donors (Lipinski definition) is 0. The van der Waals surface area contributed by atoms with Crippen molar-refractivity contribution in [3.8, 4) is 22.3 Å². The van der Waals surface area contributed by atoms with Crippen molar-refractivity contribution in [3.05, 3.63) is 216 Å². The molecule has 0 atom stereocenters. The molecule has 0 N–H and O–H groups in total. The van der Waals surface area contributed by atoms with Crippen LogP contribution in [0.3, 0.4) is 0 Å². The molecule has 9 aromatic carbocycles. The van der Waals surface area contributed by atoms with E-state index in [4.69, 9.17) is 0 Å². The molecular formula is C56H44N2. The average molecular weight is 745 g/mol. The molecule has 0 saturated heterocycles. The van der Waals surface area contributed by atoms with Crippen LogP contribution >= 0.6 is 0 Å². The van der Waals surface area contributed by atoms with Crippen LogP contribution < -0.4 is 9.80 Å². The van der Waals surface area contributed by atoms with E-state index in [0.29, 0.717) is 0 Å². The van der Waals surface area contributed by atoms with Gasteiger partial charge in [0.2, 0.25) is 0 Å². The Bertz CT molecular complexity index is 2860. The summed E-state index contributed by atoms with van der Waals surface area (Å²) >= 11 is 0. The van der Waals surface area contributed by atoms with Crippen LogP contribution in [-0.4, -0.2) is 0 Å². The molecule has 0 fully saturated rings. The number of anilines is 6. The summed E-state index contributed by atoms with van der Waals surface area (Å²) in [6, 6.07) is 71.7. The van der Waals surface area contributed by atoms with Gasteiger partial charge in [-0.15, -0.1) is 0 Å². The molecule has 0 bridgehead atoms. The van der Waals surface area contributed by atoms with Gasteiger partial charge in [0, 0.05) is 45.0 Å². The third kappa shape index (κ3) is 5.25. The number of hydrogen-bond acceptors (Lipinski definition) is 2. The Kier molecular flexibility index (Phi) is 7.59. The summed E-state index contributed by atoms with van der Waals surface area (Å²) in [5, 5.41) is 4.97. The lowest BCUT2D eigenvalue weighted by Crippen LogP contribution is -2.18. The highest BCUT2D eigenvalue weighted by Gasteiger charge is 2.42. The maximum Gasteiger partial charge on any atom is 0.0468 e. The second kappa shape index (κ2) is 12.8. The number of nitrogens with zero attached hydrogens (tertiary/aromatic N) is 2. The third-order valence-corrected chi connectivity index (χ3v) is 13.0. The molecule has 58 heavy (non-hydrogen) atoms. The molecule has 2 aliphatic rings. The van der Waals surface area contributed by atoms with Gasteiger partial charge in [-0.1, -0.05) is 137 Å². The molecule has 11 rings (SSSR count). The Morgan fingerprint density at radius 3 is 1.00 bits per heavy atom. The van der Waals surface area contributed by atoms with Gasteiger partial charge >= 0.3 is 0 Å². The first-order chi connectivity index (χ1) is 28.3. The van der Waals surface area contributed by atoms with E-state index in [0.717, 1.165) is 22.7 Å². The Balaban J connectivity index is 1.01. The van der Waals surface area contributed by atoms with Gasteiger partial charge in [-0.3, -0.25) is 0 Å².